The van der Waals surface area contributed by atoms with Crippen LogP contribution in [0.1, 0.15) is 11.1 Å². The average Bonchev–Trinajstić information content (AvgIpc) is 2.56. The second-order valence-corrected chi connectivity index (χ2v) is 6.14. The van der Waals surface area contributed by atoms with E-state index in [1.165, 1.54) is 16.0 Å². The minimum absolute atomic E-state index is 0.198. The Labute approximate surface area is 135 Å². The number of hydrogen-bond donors (Lipinski definition) is 1. The molecule has 1 atom stereocenters. The van der Waals surface area contributed by atoms with Gasteiger partial charge in [-0.3, -0.25) is 0 Å². The van der Waals surface area contributed by atoms with E-state index in [-0.39, 0.29) is 6.04 Å². The number of methoxy groups -OCH3 is 1. The fourth-order valence-corrected chi connectivity index (χ4v) is 3.40. The summed E-state index contributed by atoms with van der Waals surface area (Å²) in [6, 6.07) is 16.7. The van der Waals surface area contributed by atoms with E-state index in [0.29, 0.717) is 0 Å². The third-order valence-electron chi connectivity index (χ3n) is 3.65. The first-order valence-corrected chi connectivity index (χ1v) is 8.16. The summed E-state index contributed by atoms with van der Waals surface area (Å²) in [6.45, 7) is 2.15. The van der Waals surface area contributed by atoms with Gasteiger partial charge < -0.3 is 10.1 Å². The summed E-state index contributed by atoms with van der Waals surface area (Å²) in [5.74, 6) is 0.872. The predicted octanol–water partition coefficient (Wildman–Crippen LogP) is 5.09. The number of rotatable bonds is 4. The van der Waals surface area contributed by atoms with E-state index in [1.807, 2.05) is 24.3 Å². The van der Waals surface area contributed by atoms with Crippen molar-refractivity contribution in [3.63, 3.8) is 0 Å². The molecule has 0 spiro atoms. The zero-order valence-corrected chi connectivity index (χ0v) is 13.6. The summed E-state index contributed by atoms with van der Waals surface area (Å²) in [6.07, 6.45) is 4.45. The third kappa shape index (κ3) is 3.37. The highest BCUT2D eigenvalue weighted by molar-refractivity contribution is 8.11. The molecule has 2 nitrogen and oxygen atoms in total. The van der Waals surface area contributed by atoms with Gasteiger partial charge in [-0.25, -0.2) is 0 Å². The third-order valence-corrected chi connectivity index (χ3v) is 4.55. The molecule has 1 heterocycles. The van der Waals surface area contributed by atoms with Crippen LogP contribution in [-0.2, 0) is 0 Å². The molecule has 0 aromatic heterocycles. The largest absolute Gasteiger partial charge is 0.497 e. The van der Waals surface area contributed by atoms with Crippen molar-refractivity contribution >= 4 is 22.4 Å². The van der Waals surface area contributed by atoms with Gasteiger partial charge in [-0.2, -0.15) is 0 Å². The van der Waals surface area contributed by atoms with Crippen molar-refractivity contribution in [3.05, 3.63) is 77.2 Å². The molecule has 0 fully saturated rings. The van der Waals surface area contributed by atoms with E-state index >= 15 is 0 Å². The van der Waals surface area contributed by atoms with Gasteiger partial charge in [-0.15, -0.1) is 0 Å². The minimum atomic E-state index is 0.198. The monoisotopic (exact) mass is 309 g/mol. The second-order valence-electron chi connectivity index (χ2n) is 5.19. The van der Waals surface area contributed by atoms with Crippen molar-refractivity contribution in [3.8, 4) is 5.75 Å². The Kier molecular flexibility index (Phi) is 4.54. The smallest absolute Gasteiger partial charge is 0.119 e. The Morgan fingerprint density at radius 2 is 1.82 bits per heavy atom. The summed E-state index contributed by atoms with van der Waals surface area (Å²) in [5.41, 5.74) is 3.70. The van der Waals surface area contributed by atoms with E-state index in [1.54, 1.807) is 18.9 Å². The van der Waals surface area contributed by atoms with Crippen molar-refractivity contribution in [1.82, 2.24) is 0 Å². The minimum Gasteiger partial charge on any atom is -0.497 e. The zero-order valence-electron chi connectivity index (χ0n) is 12.7. The maximum Gasteiger partial charge on any atom is 0.119 e. The Hall–Kier alpha value is -2.13. The van der Waals surface area contributed by atoms with Crippen molar-refractivity contribution in [2.24, 2.45) is 0 Å². The fourth-order valence-electron chi connectivity index (χ4n) is 2.43. The van der Waals surface area contributed by atoms with Crippen molar-refractivity contribution < 1.29 is 4.74 Å². The molecule has 0 saturated carbocycles. The molecule has 1 aliphatic rings. The molecular formula is C19H19NOS. The molecule has 112 valence electrons. The van der Waals surface area contributed by atoms with Crippen LogP contribution in [-0.4, -0.2) is 13.2 Å². The first-order valence-electron chi connectivity index (χ1n) is 7.28. The maximum atomic E-state index is 5.19. The van der Waals surface area contributed by atoms with E-state index in [4.69, 9.17) is 4.74 Å². The first kappa shape index (κ1) is 14.8. The van der Waals surface area contributed by atoms with Crippen LogP contribution in [0.25, 0.3) is 4.91 Å². The molecule has 0 radical (unpaired) electrons. The zero-order chi connectivity index (χ0) is 15.4. The van der Waals surface area contributed by atoms with E-state index in [0.717, 1.165) is 11.4 Å². The van der Waals surface area contributed by atoms with Crippen LogP contribution in [0.3, 0.4) is 0 Å². The number of aryl methyl sites for hydroxylation is 1. The van der Waals surface area contributed by atoms with Gasteiger partial charge in [0, 0.05) is 10.6 Å². The van der Waals surface area contributed by atoms with Gasteiger partial charge >= 0.3 is 0 Å². The fraction of sp³-hybridized carbons (Fsp3) is 0.158. The van der Waals surface area contributed by atoms with E-state index in [2.05, 4.69) is 54.1 Å². The number of thioether (sulfide) groups is 1. The van der Waals surface area contributed by atoms with Crippen LogP contribution < -0.4 is 10.1 Å². The summed E-state index contributed by atoms with van der Waals surface area (Å²) in [7, 11) is 1.68. The van der Waals surface area contributed by atoms with Crippen LogP contribution in [0, 0.1) is 6.92 Å². The standard InChI is InChI=1S/C19H19NOS/c1-14-5-3-4-6-18(14)19-13-16(11-12-22-19)20-15-7-9-17(21-2)10-8-15/h3-13,16,20H,1-2H3. The number of benzene rings is 2. The van der Waals surface area contributed by atoms with Gasteiger partial charge in [0.25, 0.3) is 0 Å². The molecule has 2 aromatic carbocycles. The topological polar surface area (TPSA) is 21.3 Å². The molecule has 0 aliphatic carbocycles. The van der Waals surface area contributed by atoms with E-state index < -0.39 is 0 Å². The molecule has 0 bridgehead atoms. The van der Waals surface area contributed by atoms with Crippen molar-refractivity contribution in [2.45, 2.75) is 13.0 Å². The maximum absolute atomic E-state index is 5.19. The molecule has 22 heavy (non-hydrogen) atoms. The molecule has 3 heteroatoms. The SMILES string of the molecule is COc1ccc(NC2C=CSC(c3ccccc3C)=C2)cc1. The van der Waals surface area contributed by atoms with Gasteiger partial charge in [0.15, 0.2) is 0 Å². The summed E-state index contributed by atoms with van der Waals surface area (Å²) >= 11 is 1.77. The van der Waals surface area contributed by atoms with Crippen LogP contribution in [0.4, 0.5) is 5.69 Å². The first-order chi connectivity index (χ1) is 10.8. The highest BCUT2D eigenvalue weighted by Crippen LogP contribution is 2.34. The molecule has 2 aromatic rings. The van der Waals surface area contributed by atoms with Gasteiger partial charge in [0.1, 0.15) is 5.75 Å². The molecular weight excluding hydrogens is 290 g/mol. The average molecular weight is 309 g/mol. The predicted molar refractivity (Wildman–Crippen MR) is 96.3 cm³/mol. The van der Waals surface area contributed by atoms with Crippen molar-refractivity contribution in [1.29, 1.82) is 0 Å². The van der Waals surface area contributed by atoms with Crippen LogP contribution in [0.15, 0.2) is 66.1 Å². The molecule has 0 saturated heterocycles. The summed E-state index contributed by atoms with van der Waals surface area (Å²) in [4.78, 5) is 1.30. The highest BCUT2D eigenvalue weighted by atomic mass is 32.2. The van der Waals surface area contributed by atoms with Gasteiger partial charge in [0.05, 0.1) is 13.2 Å². The van der Waals surface area contributed by atoms with Gasteiger partial charge in [-0.05, 0) is 53.8 Å². The molecule has 0 amide bonds. The number of anilines is 1. The molecule has 1 N–H and O–H groups in total. The lowest BCUT2D eigenvalue weighted by atomic mass is 10.1. The lowest BCUT2D eigenvalue weighted by Gasteiger charge is -2.19. The lowest BCUT2D eigenvalue weighted by molar-refractivity contribution is 0.415. The van der Waals surface area contributed by atoms with Crippen LogP contribution in [0.2, 0.25) is 0 Å². The number of nitrogens with one attached hydrogen (secondary N) is 1. The van der Waals surface area contributed by atoms with Gasteiger partial charge in [-0.1, -0.05) is 42.1 Å². The lowest BCUT2D eigenvalue weighted by Crippen LogP contribution is -2.15. The Balaban J connectivity index is 1.78. The van der Waals surface area contributed by atoms with Crippen LogP contribution >= 0.6 is 11.8 Å². The van der Waals surface area contributed by atoms with E-state index in [9.17, 15) is 0 Å². The number of hydrogen-bond acceptors (Lipinski definition) is 3. The molecule has 1 aliphatic heterocycles. The quantitative estimate of drug-likeness (QED) is 0.850. The van der Waals surface area contributed by atoms with Gasteiger partial charge in [0.2, 0.25) is 0 Å². The van der Waals surface area contributed by atoms with Crippen molar-refractivity contribution in [2.75, 3.05) is 12.4 Å². The molecule has 3 rings (SSSR count). The van der Waals surface area contributed by atoms with Crippen LogP contribution in [0.5, 0.6) is 5.75 Å². The highest BCUT2D eigenvalue weighted by Gasteiger charge is 2.12. The second kappa shape index (κ2) is 6.75. The Morgan fingerprint density at radius 3 is 2.55 bits per heavy atom. The summed E-state index contributed by atoms with van der Waals surface area (Å²) in [5, 5.41) is 5.67. The Morgan fingerprint density at radius 1 is 1.05 bits per heavy atom. The molecule has 1 unspecified atom stereocenters. The Bertz CT molecular complexity index is 704. The number of ether oxygens (including phenoxy) is 1. The summed E-state index contributed by atoms with van der Waals surface area (Å²) < 4.78 is 5.19. The normalized spacial score (nSPS) is 17.0.